The largest absolute Gasteiger partial charge is 0.281 e. The smallest absolute Gasteiger partial charge is 0.273 e. The first-order valence-corrected chi connectivity index (χ1v) is 7.99. The van der Waals surface area contributed by atoms with Crippen molar-refractivity contribution in [3.8, 4) is 0 Å². The third-order valence-electron chi connectivity index (χ3n) is 3.84. The van der Waals surface area contributed by atoms with Crippen LogP contribution in [0, 0.1) is 0 Å². The Balaban J connectivity index is 1.74. The summed E-state index contributed by atoms with van der Waals surface area (Å²) in [5.74, 6) is -0.721. The highest BCUT2D eigenvalue weighted by Gasteiger charge is 2.38. The van der Waals surface area contributed by atoms with Crippen molar-refractivity contribution in [2.75, 3.05) is 33.2 Å². The first-order valence-electron chi connectivity index (χ1n) is 6.59. The van der Waals surface area contributed by atoms with E-state index < -0.39 is 10.2 Å². The van der Waals surface area contributed by atoms with Crippen molar-refractivity contribution in [3.63, 3.8) is 0 Å². The molecule has 2 aliphatic heterocycles. The number of fused-ring (bicyclic) bond motifs is 1. The van der Waals surface area contributed by atoms with Crippen LogP contribution in [0.5, 0.6) is 0 Å². The van der Waals surface area contributed by atoms with Gasteiger partial charge in [-0.1, -0.05) is 12.1 Å². The molecular weight excluding hydrogens is 294 g/mol. The number of hydrogen-bond acceptors (Lipinski definition) is 4. The van der Waals surface area contributed by atoms with E-state index >= 15 is 0 Å². The molecule has 1 saturated heterocycles. The van der Waals surface area contributed by atoms with Gasteiger partial charge >= 0.3 is 0 Å². The minimum absolute atomic E-state index is 0.0689. The zero-order valence-electron chi connectivity index (χ0n) is 11.5. The average Bonchev–Trinajstić information content (AvgIpc) is 2.86. The second kappa shape index (κ2) is 4.90. The van der Waals surface area contributed by atoms with E-state index in [4.69, 9.17) is 0 Å². The lowest BCUT2D eigenvalue weighted by Gasteiger charge is -2.19. The molecule has 0 aliphatic carbocycles. The van der Waals surface area contributed by atoms with Crippen molar-refractivity contribution >= 4 is 22.0 Å². The minimum Gasteiger partial charge on any atom is -0.273 e. The Kier molecular flexibility index (Phi) is 3.31. The van der Waals surface area contributed by atoms with Crippen LogP contribution in [0.25, 0.3) is 0 Å². The van der Waals surface area contributed by atoms with Gasteiger partial charge in [0.25, 0.3) is 22.0 Å². The van der Waals surface area contributed by atoms with Gasteiger partial charge in [-0.25, -0.2) is 0 Å². The molecule has 1 aromatic carbocycles. The molecule has 3 rings (SSSR count). The topological polar surface area (TPSA) is 78.0 Å². The number of hydrogen-bond donors (Lipinski definition) is 0. The number of carbonyl (C=O) groups excluding carboxylic acids is 2. The van der Waals surface area contributed by atoms with E-state index in [1.54, 1.807) is 24.3 Å². The maximum absolute atomic E-state index is 12.2. The van der Waals surface area contributed by atoms with Crippen molar-refractivity contribution in [2.45, 2.75) is 0 Å². The minimum atomic E-state index is -3.44. The van der Waals surface area contributed by atoms with Gasteiger partial charge in [0.1, 0.15) is 0 Å². The van der Waals surface area contributed by atoms with Crippen molar-refractivity contribution in [2.24, 2.45) is 0 Å². The number of imide groups is 1. The number of amides is 2. The first-order chi connectivity index (χ1) is 9.93. The molecule has 0 radical (unpaired) electrons. The fourth-order valence-corrected chi connectivity index (χ4v) is 3.89. The summed E-state index contributed by atoms with van der Waals surface area (Å²) in [6.45, 7) is 0.990. The summed E-state index contributed by atoms with van der Waals surface area (Å²) in [6, 6.07) is 6.62. The average molecular weight is 309 g/mol. The molecule has 2 heterocycles. The number of nitrogens with zero attached hydrogens (tertiary/aromatic N) is 3. The summed E-state index contributed by atoms with van der Waals surface area (Å²) >= 11 is 0. The molecule has 8 heteroatoms. The SMILES string of the molecule is CN1CCN(CCN2C(=O)c3ccccc3C2=O)S1(=O)=O. The zero-order valence-corrected chi connectivity index (χ0v) is 12.3. The van der Waals surface area contributed by atoms with Gasteiger partial charge in [0.15, 0.2) is 0 Å². The second-order valence-corrected chi connectivity index (χ2v) is 7.07. The molecule has 0 N–H and O–H groups in total. The van der Waals surface area contributed by atoms with E-state index in [1.807, 2.05) is 0 Å². The fraction of sp³-hybridized carbons (Fsp3) is 0.385. The summed E-state index contributed by atoms with van der Waals surface area (Å²) in [5.41, 5.74) is 0.757. The van der Waals surface area contributed by atoms with Crippen molar-refractivity contribution in [1.29, 1.82) is 0 Å². The van der Waals surface area contributed by atoms with Crippen LogP contribution in [0.4, 0.5) is 0 Å². The number of benzene rings is 1. The Morgan fingerprint density at radius 3 is 2.05 bits per heavy atom. The van der Waals surface area contributed by atoms with Gasteiger partial charge in [0.05, 0.1) is 11.1 Å². The van der Waals surface area contributed by atoms with Gasteiger partial charge < -0.3 is 0 Å². The highest BCUT2D eigenvalue weighted by atomic mass is 32.2. The van der Waals surface area contributed by atoms with Gasteiger partial charge in [0.2, 0.25) is 0 Å². The zero-order chi connectivity index (χ0) is 15.2. The van der Waals surface area contributed by atoms with E-state index in [0.717, 1.165) is 4.90 Å². The predicted molar refractivity (Wildman–Crippen MR) is 74.9 cm³/mol. The van der Waals surface area contributed by atoms with E-state index in [1.165, 1.54) is 15.7 Å². The van der Waals surface area contributed by atoms with Gasteiger partial charge in [0, 0.05) is 33.2 Å². The Bertz CT molecular complexity index is 681. The Morgan fingerprint density at radius 2 is 1.57 bits per heavy atom. The van der Waals surface area contributed by atoms with Crippen LogP contribution in [0.2, 0.25) is 0 Å². The summed E-state index contributed by atoms with van der Waals surface area (Å²) in [6.07, 6.45) is 0. The van der Waals surface area contributed by atoms with E-state index in [9.17, 15) is 18.0 Å². The molecule has 0 aromatic heterocycles. The van der Waals surface area contributed by atoms with Gasteiger partial charge in [-0.05, 0) is 12.1 Å². The third kappa shape index (κ3) is 2.15. The first kappa shape index (κ1) is 14.2. The Morgan fingerprint density at radius 1 is 1.00 bits per heavy atom. The lowest BCUT2D eigenvalue weighted by molar-refractivity contribution is 0.0648. The molecule has 0 spiro atoms. The molecule has 1 fully saturated rings. The molecule has 1 aromatic rings. The van der Waals surface area contributed by atoms with Crippen LogP contribution in [0.1, 0.15) is 20.7 Å². The molecule has 0 unspecified atom stereocenters. The van der Waals surface area contributed by atoms with Crippen molar-refractivity contribution in [3.05, 3.63) is 35.4 Å². The van der Waals surface area contributed by atoms with Gasteiger partial charge in [-0.15, -0.1) is 0 Å². The van der Waals surface area contributed by atoms with Crippen LogP contribution in [-0.2, 0) is 10.2 Å². The van der Waals surface area contributed by atoms with Crippen LogP contribution >= 0.6 is 0 Å². The molecule has 21 heavy (non-hydrogen) atoms. The highest BCUT2D eigenvalue weighted by molar-refractivity contribution is 7.87. The molecule has 0 bridgehead atoms. The van der Waals surface area contributed by atoms with Crippen LogP contribution < -0.4 is 0 Å². The van der Waals surface area contributed by atoms with Gasteiger partial charge in [-0.3, -0.25) is 14.5 Å². The molecule has 2 amide bonds. The van der Waals surface area contributed by atoms with Crippen LogP contribution in [-0.4, -0.2) is 67.0 Å². The second-order valence-electron chi connectivity index (χ2n) is 5.04. The van der Waals surface area contributed by atoms with Crippen LogP contribution in [0.15, 0.2) is 24.3 Å². The van der Waals surface area contributed by atoms with E-state index in [2.05, 4.69) is 0 Å². The maximum Gasteiger partial charge on any atom is 0.281 e. The standard InChI is InChI=1S/C13H15N3O4S/c1-14-6-7-15(21(14,19)20)8-9-16-12(17)10-4-2-3-5-11(10)13(16)18/h2-5H,6-9H2,1H3. The summed E-state index contributed by atoms with van der Waals surface area (Å²) in [7, 11) is -1.93. The molecule has 7 nitrogen and oxygen atoms in total. The predicted octanol–water partition coefficient (Wildman–Crippen LogP) is -0.225. The number of carbonyl (C=O) groups is 2. The Labute approximate surface area is 122 Å². The molecule has 0 atom stereocenters. The van der Waals surface area contributed by atoms with Crippen molar-refractivity contribution < 1.29 is 18.0 Å². The number of rotatable bonds is 3. The number of likely N-dealkylation sites (N-methyl/N-ethyl adjacent to an activating group) is 1. The Hall–Kier alpha value is -1.77. The normalized spacial score (nSPS) is 22.0. The summed E-state index contributed by atoms with van der Waals surface area (Å²) in [4.78, 5) is 25.4. The lowest BCUT2D eigenvalue weighted by atomic mass is 10.1. The summed E-state index contributed by atoms with van der Waals surface area (Å²) in [5, 5.41) is 0. The summed E-state index contributed by atoms with van der Waals surface area (Å²) < 4.78 is 26.4. The van der Waals surface area contributed by atoms with Crippen molar-refractivity contribution in [1.82, 2.24) is 13.5 Å². The maximum atomic E-state index is 12.2. The van der Waals surface area contributed by atoms with Gasteiger partial charge in [-0.2, -0.15) is 17.0 Å². The third-order valence-corrected chi connectivity index (χ3v) is 5.82. The quantitative estimate of drug-likeness (QED) is 0.723. The van der Waals surface area contributed by atoms with Crippen LogP contribution in [0.3, 0.4) is 0 Å². The monoisotopic (exact) mass is 309 g/mol. The lowest BCUT2D eigenvalue weighted by Crippen LogP contribution is -2.40. The molecule has 112 valence electrons. The molecular formula is C13H15N3O4S. The highest BCUT2D eigenvalue weighted by Crippen LogP contribution is 2.22. The molecule has 0 saturated carbocycles. The van der Waals surface area contributed by atoms with E-state index in [0.29, 0.717) is 24.2 Å². The molecule has 2 aliphatic rings. The fourth-order valence-electron chi connectivity index (χ4n) is 2.56. The van der Waals surface area contributed by atoms with E-state index in [-0.39, 0.29) is 24.9 Å².